The molecule has 1 aliphatic heterocycles. The van der Waals surface area contributed by atoms with Crippen LogP contribution in [-0.4, -0.2) is 29.1 Å². The predicted octanol–water partition coefficient (Wildman–Crippen LogP) is 2.78. The molecule has 15 heavy (non-hydrogen) atoms. The first-order valence-corrected chi connectivity index (χ1v) is 6.60. The second kappa shape index (κ2) is 6.31. The van der Waals surface area contributed by atoms with Gasteiger partial charge in [0.2, 0.25) is 0 Å². The van der Waals surface area contributed by atoms with Crippen molar-refractivity contribution in [2.24, 2.45) is 5.92 Å². The fourth-order valence-corrected chi connectivity index (χ4v) is 2.41. The van der Waals surface area contributed by atoms with Gasteiger partial charge >= 0.3 is 0 Å². The molecule has 0 amide bonds. The van der Waals surface area contributed by atoms with E-state index in [9.17, 15) is 0 Å². The molecule has 1 N–H and O–H groups in total. The molecular weight excluding hydrogens is 204 g/mol. The van der Waals surface area contributed by atoms with Crippen molar-refractivity contribution in [3.8, 4) is 0 Å². The first-order chi connectivity index (χ1) is 7.15. The third kappa shape index (κ3) is 3.98. The molecule has 0 spiro atoms. The first-order valence-electron chi connectivity index (χ1n) is 6.19. The molecule has 88 valence electrons. The summed E-state index contributed by atoms with van der Waals surface area (Å²) in [6, 6.07) is 0.672. The van der Waals surface area contributed by atoms with E-state index in [2.05, 4.69) is 31.0 Å². The van der Waals surface area contributed by atoms with Crippen molar-refractivity contribution in [2.75, 3.05) is 13.1 Å². The predicted molar refractivity (Wildman–Crippen MR) is 70.1 cm³/mol. The number of likely N-dealkylation sites (tertiary alicyclic amines) is 1. The lowest BCUT2D eigenvalue weighted by Gasteiger charge is -2.37. The van der Waals surface area contributed by atoms with Gasteiger partial charge in [0.15, 0.2) is 5.11 Å². The summed E-state index contributed by atoms with van der Waals surface area (Å²) in [7, 11) is 0. The van der Waals surface area contributed by atoms with Crippen molar-refractivity contribution >= 4 is 17.3 Å². The SMILES string of the molecule is CC[C@@H]1CCCCN1C(=S)NCC(C)C. The molecule has 1 rings (SSSR count). The van der Waals surface area contributed by atoms with Crippen molar-refractivity contribution in [3.63, 3.8) is 0 Å². The van der Waals surface area contributed by atoms with Crippen molar-refractivity contribution < 1.29 is 0 Å². The normalized spacial score (nSPS) is 21.9. The lowest BCUT2D eigenvalue weighted by atomic mass is 10.0. The summed E-state index contributed by atoms with van der Waals surface area (Å²) in [5, 5.41) is 4.34. The van der Waals surface area contributed by atoms with Gasteiger partial charge < -0.3 is 10.2 Å². The largest absolute Gasteiger partial charge is 0.362 e. The van der Waals surface area contributed by atoms with Gasteiger partial charge in [-0.15, -0.1) is 0 Å². The van der Waals surface area contributed by atoms with Crippen LogP contribution in [0.25, 0.3) is 0 Å². The minimum Gasteiger partial charge on any atom is -0.362 e. The van der Waals surface area contributed by atoms with E-state index in [4.69, 9.17) is 12.2 Å². The Labute approximate surface area is 99.4 Å². The molecule has 1 aliphatic rings. The van der Waals surface area contributed by atoms with Gasteiger partial charge in [0.25, 0.3) is 0 Å². The van der Waals surface area contributed by atoms with Crippen LogP contribution in [0.2, 0.25) is 0 Å². The van der Waals surface area contributed by atoms with Gasteiger partial charge in [-0.25, -0.2) is 0 Å². The Morgan fingerprint density at radius 2 is 2.20 bits per heavy atom. The molecule has 0 unspecified atom stereocenters. The Morgan fingerprint density at radius 3 is 2.80 bits per heavy atom. The molecule has 0 aromatic carbocycles. The van der Waals surface area contributed by atoms with Gasteiger partial charge in [-0.2, -0.15) is 0 Å². The Kier molecular flexibility index (Phi) is 5.37. The van der Waals surface area contributed by atoms with E-state index >= 15 is 0 Å². The molecule has 2 nitrogen and oxygen atoms in total. The fourth-order valence-electron chi connectivity index (χ4n) is 2.09. The fraction of sp³-hybridized carbons (Fsp3) is 0.917. The van der Waals surface area contributed by atoms with Crippen LogP contribution in [0.4, 0.5) is 0 Å². The number of piperidine rings is 1. The monoisotopic (exact) mass is 228 g/mol. The van der Waals surface area contributed by atoms with Crippen LogP contribution in [0.3, 0.4) is 0 Å². The molecule has 0 aromatic rings. The highest BCUT2D eigenvalue weighted by Gasteiger charge is 2.22. The zero-order valence-corrected chi connectivity index (χ0v) is 11.1. The van der Waals surface area contributed by atoms with Crippen LogP contribution < -0.4 is 5.32 Å². The maximum atomic E-state index is 5.45. The van der Waals surface area contributed by atoms with Gasteiger partial charge in [0, 0.05) is 19.1 Å². The number of hydrogen-bond acceptors (Lipinski definition) is 1. The molecule has 0 saturated carbocycles. The number of nitrogens with one attached hydrogen (secondary N) is 1. The van der Waals surface area contributed by atoms with Gasteiger partial charge in [-0.1, -0.05) is 20.8 Å². The summed E-state index contributed by atoms with van der Waals surface area (Å²) in [4.78, 5) is 2.39. The standard InChI is InChI=1S/C12H24N2S/c1-4-11-7-5-6-8-14(11)12(15)13-9-10(2)3/h10-11H,4-9H2,1-3H3,(H,13,15)/t11-/m1/s1. The molecule has 0 aliphatic carbocycles. The topological polar surface area (TPSA) is 15.3 Å². The van der Waals surface area contributed by atoms with E-state index in [0.29, 0.717) is 12.0 Å². The zero-order chi connectivity index (χ0) is 11.3. The van der Waals surface area contributed by atoms with Gasteiger partial charge in [-0.05, 0) is 43.8 Å². The Hall–Kier alpha value is -0.310. The lowest BCUT2D eigenvalue weighted by Crippen LogP contribution is -2.48. The summed E-state index contributed by atoms with van der Waals surface area (Å²) >= 11 is 5.45. The van der Waals surface area contributed by atoms with Gasteiger partial charge in [0.1, 0.15) is 0 Å². The molecule has 3 heteroatoms. The minimum absolute atomic E-state index is 0.660. The Balaban J connectivity index is 2.41. The molecular formula is C12H24N2S. The highest BCUT2D eigenvalue weighted by Crippen LogP contribution is 2.19. The van der Waals surface area contributed by atoms with Crippen molar-refractivity contribution in [3.05, 3.63) is 0 Å². The van der Waals surface area contributed by atoms with E-state index in [-0.39, 0.29) is 0 Å². The van der Waals surface area contributed by atoms with E-state index in [0.717, 1.165) is 18.2 Å². The van der Waals surface area contributed by atoms with Crippen LogP contribution in [0, 0.1) is 5.92 Å². The highest BCUT2D eigenvalue weighted by atomic mass is 32.1. The average Bonchev–Trinajstić information content (AvgIpc) is 2.25. The zero-order valence-electron chi connectivity index (χ0n) is 10.3. The molecule has 0 aromatic heterocycles. The van der Waals surface area contributed by atoms with Crippen LogP contribution in [0.1, 0.15) is 46.5 Å². The third-order valence-electron chi connectivity index (χ3n) is 3.02. The summed E-state index contributed by atoms with van der Waals surface area (Å²) in [5.41, 5.74) is 0. The highest BCUT2D eigenvalue weighted by molar-refractivity contribution is 7.80. The van der Waals surface area contributed by atoms with Gasteiger partial charge in [0.05, 0.1) is 0 Å². The lowest BCUT2D eigenvalue weighted by molar-refractivity contribution is 0.232. The summed E-state index contributed by atoms with van der Waals surface area (Å²) in [6.07, 6.45) is 5.17. The first kappa shape index (κ1) is 12.8. The van der Waals surface area contributed by atoms with Gasteiger partial charge in [-0.3, -0.25) is 0 Å². The number of thiocarbonyl (C=S) groups is 1. The summed E-state index contributed by atoms with van der Waals surface area (Å²) in [6.45, 7) is 8.81. The van der Waals surface area contributed by atoms with Crippen LogP contribution in [-0.2, 0) is 0 Å². The van der Waals surface area contributed by atoms with Crippen molar-refractivity contribution in [1.29, 1.82) is 0 Å². The maximum Gasteiger partial charge on any atom is 0.169 e. The number of rotatable bonds is 3. The second-order valence-corrected chi connectivity index (χ2v) is 5.22. The summed E-state index contributed by atoms with van der Waals surface area (Å²) in [5.74, 6) is 0.660. The van der Waals surface area contributed by atoms with E-state index in [1.165, 1.54) is 25.7 Å². The minimum atomic E-state index is 0.660. The van der Waals surface area contributed by atoms with Crippen LogP contribution in [0.5, 0.6) is 0 Å². The maximum absolute atomic E-state index is 5.45. The second-order valence-electron chi connectivity index (χ2n) is 4.83. The molecule has 0 bridgehead atoms. The third-order valence-corrected chi connectivity index (χ3v) is 3.40. The van der Waals surface area contributed by atoms with E-state index in [1.54, 1.807) is 0 Å². The van der Waals surface area contributed by atoms with E-state index < -0.39 is 0 Å². The average molecular weight is 228 g/mol. The Bertz CT molecular complexity index is 204. The quantitative estimate of drug-likeness (QED) is 0.748. The number of nitrogens with zero attached hydrogens (tertiary/aromatic N) is 1. The Morgan fingerprint density at radius 1 is 1.47 bits per heavy atom. The number of hydrogen-bond donors (Lipinski definition) is 1. The smallest absolute Gasteiger partial charge is 0.169 e. The summed E-state index contributed by atoms with van der Waals surface area (Å²) < 4.78 is 0. The van der Waals surface area contributed by atoms with Crippen molar-refractivity contribution in [2.45, 2.75) is 52.5 Å². The van der Waals surface area contributed by atoms with Crippen molar-refractivity contribution in [1.82, 2.24) is 10.2 Å². The molecule has 1 atom stereocenters. The molecule has 0 radical (unpaired) electrons. The molecule has 1 heterocycles. The molecule has 1 fully saturated rings. The van der Waals surface area contributed by atoms with Crippen LogP contribution >= 0.6 is 12.2 Å². The van der Waals surface area contributed by atoms with E-state index in [1.807, 2.05) is 0 Å². The van der Waals surface area contributed by atoms with Crippen LogP contribution in [0.15, 0.2) is 0 Å². The molecule has 1 saturated heterocycles.